The highest BCUT2D eigenvalue weighted by Crippen LogP contribution is 2.25. The molecule has 0 spiro atoms. The molecule has 0 amide bonds. The lowest BCUT2D eigenvalue weighted by atomic mass is 10.2. The maximum atomic E-state index is 4.61. The summed E-state index contributed by atoms with van der Waals surface area (Å²) in [7, 11) is 0. The Kier molecular flexibility index (Phi) is 4.19. The number of anilines is 4. The molecule has 0 unspecified atom stereocenters. The highest BCUT2D eigenvalue weighted by Gasteiger charge is 2.07. The molecule has 26 heavy (non-hydrogen) atoms. The van der Waals surface area contributed by atoms with E-state index in [9.17, 15) is 0 Å². The van der Waals surface area contributed by atoms with E-state index < -0.39 is 0 Å². The molecule has 0 saturated heterocycles. The Bertz CT molecular complexity index is 1070. The molecule has 0 aliphatic heterocycles. The number of pyridine rings is 1. The number of nitrogens with zero attached hydrogens (tertiary/aromatic N) is 3. The van der Waals surface area contributed by atoms with Crippen LogP contribution in [0, 0.1) is 13.8 Å². The second-order valence-corrected chi connectivity index (χ2v) is 6.16. The van der Waals surface area contributed by atoms with E-state index in [2.05, 4.69) is 38.6 Å². The van der Waals surface area contributed by atoms with Crippen LogP contribution in [0.2, 0.25) is 0 Å². The first kappa shape index (κ1) is 16.0. The molecule has 0 saturated carbocycles. The summed E-state index contributed by atoms with van der Waals surface area (Å²) in [6, 6.07) is 20.0. The minimum Gasteiger partial charge on any atom is -0.338 e. The van der Waals surface area contributed by atoms with Crippen LogP contribution in [0.4, 0.5) is 23.1 Å². The molecule has 0 atom stereocenters. The standard InChI is InChI=1S/C21H19N5/c1-14-7-3-4-10-17(14)25-21-23-15(2)13-19(26-21)24-18-11-5-8-16-9-6-12-22-20(16)18/h3-13H,1-2H3,(H2,23,24,25,26). The molecule has 128 valence electrons. The fraction of sp³-hybridized carbons (Fsp3) is 0.0952. The summed E-state index contributed by atoms with van der Waals surface area (Å²) < 4.78 is 0. The number of nitrogens with one attached hydrogen (secondary N) is 2. The Morgan fingerprint density at radius 1 is 0.769 bits per heavy atom. The van der Waals surface area contributed by atoms with E-state index in [-0.39, 0.29) is 0 Å². The van der Waals surface area contributed by atoms with Crippen LogP contribution in [0.5, 0.6) is 0 Å². The number of aryl methyl sites for hydroxylation is 2. The molecule has 4 rings (SSSR count). The van der Waals surface area contributed by atoms with Crippen molar-refractivity contribution in [3.63, 3.8) is 0 Å². The van der Waals surface area contributed by atoms with Crippen LogP contribution in [0.3, 0.4) is 0 Å². The minimum atomic E-state index is 0.565. The van der Waals surface area contributed by atoms with Gasteiger partial charge in [-0.1, -0.05) is 36.4 Å². The first-order valence-corrected chi connectivity index (χ1v) is 8.48. The second kappa shape index (κ2) is 6.80. The van der Waals surface area contributed by atoms with Gasteiger partial charge in [-0.3, -0.25) is 4.98 Å². The van der Waals surface area contributed by atoms with E-state index in [1.807, 2.05) is 61.5 Å². The third-order valence-electron chi connectivity index (χ3n) is 4.14. The lowest BCUT2D eigenvalue weighted by Crippen LogP contribution is -2.03. The minimum absolute atomic E-state index is 0.565. The number of aromatic nitrogens is 3. The summed E-state index contributed by atoms with van der Waals surface area (Å²) in [6.45, 7) is 4.01. The highest BCUT2D eigenvalue weighted by atomic mass is 15.1. The summed E-state index contributed by atoms with van der Waals surface area (Å²) >= 11 is 0. The summed E-state index contributed by atoms with van der Waals surface area (Å²) in [5.74, 6) is 1.29. The third-order valence-corrected chi connectivity index (χ3v) is 4.14. The van der Waals surface area contributed by atoms with Crippen molar-refractivity contribution in [2.75, 3.05) is 10.6 Å². The lowest BCUT2D eigenvalue weighted by Gasteiger charge is -2.12. The Morgan fingerprint density at radius 3 is 2.46 bits per heavy atom. The zero-order valence-electron chi connectivity index (χ0n) is 14.7. The van der Waals surface area contributed by atoms with Crippen molar-refractivity contribution in [2.24, 2.45) is 0 Å². The number of fused-ring (bicyclic) bond motifs is 1. The van der Waals surface area contributed by atoms with Crippen molar-refractivity contribution < 1.29 is 0 Å². The van der Waals surface area contributed by atoms with Crippen LogP contribution in [0.1, 0.15) is 11.3 Å². The first-order chi connectivity index (χ1) is 12.7. The molecule has 2 N–H and O–H groups in total. The van der Waals surface area contributed by atoms with Crippen molar-refractivity contribution in [2.45, 2.75) is 13.8 Å². The van der Waals surface area contributed by atoms with Gasteiger partial charge in [-0.2, -0.15) is 4.98 Å². The predicted molar refractivity (Wildman–Crippen MR) is 106 cm³/mol. The Hall–Kier alpha value is -3.47. The Balaban J connectivity index is 1.67. The van der Waals surface area contributed by atoms with E-state index in [1.165, 1.54) is 0 Å². The van der Waals surface area contributed by atoms with Crippen LogP contribution in [-0.2, 0) is 0 Å². The van der Waals surface area contributed by atoms with Gasteiger partial charge in [0.2, 0.25) is 5.95 Å². The van der Waals surface area contributed by atoms with Crippen LogP contribution in [0.15, 0.2) is 66.9 Å². The van der Waals surface area contributed by atoms with Gasteiger partial charge < -0.3 is 10.6 Å². The molecule has 2 aromatic carbocycles. The van der Waals surface area contributed by atoms with Crippen molar-refractivity contribution in [3.05, 3.63) is 78.1 Å². The average Bonchev–Trinajstić information content (AvgIpc) is 2.64. The number of hydrogen-bond donors (Lipinski definition) is 2. The summed E-state index contributed by atoms with van der Waals surface area (Å²) in [6.07, 6.45) is 1.80. The molecule has 2 heterocycles. The zero-order chi connectivity index (χ0) is 17.9. The second-order valence-electron chi connectivity index (χ2n) is 6.16. The van der Waals surface area contributed by atoms with Crippen LogP contribution in [-0.4, -0.2) is 15.0 Å². The van der Waals surface area contributed by atoms with Crippen LogP contribution < -0.4 is 10.6 Å². The first-order valence-electron chi connectivity index (χ1n) is 8.48. The smallest absolute Gasteiger partial charge is 0.229 e. The zero-order valence-corrected chi connectivity index (χ0v) is 14.7. The number of para-hydroxylation sites is 2. The monoisotopic (exact) mass is 341 g/mol. The fourth-order valence-electron chi connectivity index (χ4n) is 2.87. The molecule has 4 aromatic rings. The quantitative estimate of drug-likeness (QED) is 0.539. The molecule has 0 fully saturated rings. The van der Waals surface area contributed by atoms with E-state index >= 15 is 0 Å². The lowest BCUT2D eigenvalue weighted by molar-refractivity contribution is 1.11. The average molecular weight is 341 g/mol. The van der Waals surface area contributed by atoms with Gasteiger partial charge in [0.1, 0.15) is 5.82 Å². The molecule has 0 bridgehead atoms. The molecule has 5 nitrogen and oxygen atoms in total. The third kappa shape index (κ3) is 3.32. The van der Waals surface area contributed by atoms with Crippen molar-refractivity contribution in [1.82, 2.24) is 15.0 Å². The van der Waals surface area contributed by atoms with Crippen LogP contribution >= 0.6 is 0 Å². The van der Waals surface area contributed by atoms with Gasteiger partial charge in [0.05, 0.1) is 11.2 Å². The van der Waals surface area contributed by atoms with Crippen molar-refractivity contribution >= 4 is 34.0 Å². The van der Waals surface area contributed by atoms with Gasteiger partial charge >= 0.3 is 0 Å². The Labute approximate surface area is 152 Å². The van der Waals surface area contributed by atoms with Crippen molar-refractivity contribution in [3.8, 4) is 0 Å². The summed E-state index contributed by atoms with van der Waals surface area (Å²) in [5, 5.41) is 7.76. The molecule has 5 heteroatoms. The largest absolute Gasteiger partial charge is 0.338 e. The van der Waals surface area contributed by atoms with Gasteiger partial charge in [-0.05, 0) is 37.6 Å². The van der Waals surface area contributed by atoms with E-state index in [0.717, 1.165) is 39.4 Å². The highest BCUT2D eigenvalue weighted by molar-refractivity contribution is 5.91. The van der Waals surface area contributed by atoms with E-state index in [1.54, 1.807) is 6.20 Å². The van der Waals surface area contributed by atoms with Gasteiger partial charge in [-0.25, -0.2) is 4.98 Å². The van der Waals surface area contributed by atoms with E-state index in [0.29, 0.717) is 5.95 Å². The number of hydrogen-bond acceptors (Lipinski definition) is 5. The summed E-state index contributed by atoms with van der Waals surface area (Å²) in [5.41, 5.74) is 4.86. The van der Waals surface area contributed by atoms with Gasteiger partial charge in [0, 0.05) is 29.0 Å². The molecule has 0 aliphatic carbocycles. The molecule has 2 aromatic heterocycles. The summed E-state index contributed by atoms with van der Waals surface area (Å²) in [4.78, 5) is 13.6. The van der Waals surface area contributed by atoms with Gasteiger partial charge in [0.25, 0.3) is 0 Å². The maximum Gasteiger partial charge on any atom is 0.229 e. The molecule has 0 aliphatic rings. The molecule has 0 radical (unpaired) electrons. The molecular formula is C21H19N5. The van der Waals surface area contributed by atoms with Crippen LogP contribution in [0.25, 0.3) is 10.9 Å². The number of rotatable bonds is 4. The Morgan fingerprint density at radius 2 is 1.58 bits per heavy atom. The normalized spacial score (nSPS) is 10.7. The predicted octanol–water partition coefficient (Wildman–Crippen LogP) is 5.13. The van der Waals surface area contributed by atoms with Gasteiger partial charge in [-0.15, -0.1) is 0 Å². The molecular weight excluding hydrogens is 322 g/mol. The van der Waals surface area contributed by atoms with E-state index in [4.69, 9.17) is 0 Å². The number of benzene rings is 2. The fourth-order valence-corrected chi connectivity index (χ4v) is 2.87. The topological polar surface area (TPSA) is 62.7 Å². The van der Waals surface area contributed by atoms with Crippen molar-refractivity contribution in [1.29, 1.82) is 0 Å². The van der Waals surface area contributed by atoms with Gasteiger partial charge in [0.15, 0.2) is 0 Å². The maximum absolute atomic E-state index is 4.61. The SMILES string of the molecule is Cc1cc(Nc2cccc3cccnc23)nc(Nc2ccccc2C)n1.